The lowest BCUT2D eigenvalue weighted by Gasteiger charge is -1.97. The third-order valence-corrected chi connectivity index (χ3v) is 3.83. The van der Waals surface area contributed by atoms with Gasteiger partial charge in [-0.1, -0.05) is 71.8 Å². The lowest BCUT2D eigenvalue weighted by molar-refractivity contribution is 0.0950. The summed E-state index contributed by atoms with van der Waals surface area (Å²) in [6.07, 6.45) is 3.13. The van der Waals surface area contributed by atoms with E-state index in [1.54, 1.807) is 12.1 Å². The van der Waals surface area contributed by atoms with Crippen molar-refractivity contribution >= 4 is 29.8 Å². The molecule has 0 aliphatic carbocycles. The highest BCUT2D eigenvalue weighted by Crippen LogP contribution is 2.18. The predicted molar refractivity (Wildman–Crippen MR) is 105 cm³/mol. The molecule has 1 heterocycles. The van der Waals surface area contributed by atoms with Gasteiger partial charge in [-0.05, 0) is 24.6 Å². The van der Waals surface area contributed by atoms with Crippen molar-refractivity contribution in [2.45, 2.75) is 6.92 Å². The normalized spacial score (nSPS) is 11.7. The molecule has 6 heteroatoms. The Morgan fingerprint density at radius 3 is 2.62 bits per heavy atom. The van der Waals surface area contributed by atoms with Crippen molar-refractivity contribution in [3.63, 3.8) is 0 Å². The molecule has 0 aliphatic heterocycles. The predicted octanol–water partition coefficient (Wildman–Crippen LogP) is 4.38. The maximum absolute atomic E-state index is 12.1. The molecular weight excluding hydrogens is 348 g/mol. The molecule has 26 heavy (non-hydrogen) atoms. The number of amides is 1. The van der Waals surface area contributed by atoms with Crippen LogP contribution in [0.2, 0.25) is 0 Å². The van der Waals surface area contributed by atoms with Crippen LogP contribution >= 0.6 is 11.6 Å². The van der Waals surface area contributed by atoms with Gasteiger partial charge in [0.05, 0.1) is 16.9 Å². The van der Waals surface area contributed by atoms with E-state index in [4.69, 9.17) is 11.6 Å². The van der Waals surface area contributed by atoms with Gasteiger partial charge in [0.15, 0.2) is 0 Å². The van der Waals surface area contributed by atoms with Crippen LogP contribution in [0.25, 0.3) is 17.3 Å². The van der Waals surface area contributed by atoms with Gasteiger partial charge >= 0.3 is 0 Å². The molecule has 3 aromatic rings. The van der Waals surface area contributed by atoms with Gasteiger partial charge < -0.3 is 0 Å². The van der Waals surface area contributed by atoms with Gasteiger partial charge in [0.25, 0.3) is 5.91 Å². The number of benzene rings is 2. The molecule has 3 rings (SSSR count). The van der Waals surface area contributed by atoms with Crippen molar-refractivity contribution in [2.24, 2.45) is 5.10 Å². The highest BCUT2D eigenvalue weighted by molar-refractivity contribution is 6.41. The smallest absolute Gasteiger partial charge is 0.272 e. The molecule has 130 valence electrons. The van der Waals surface area contributed by atoms with Crippen LogP contribution < -0.4 is 5.43 Å². The zero-order valence-electron chi connectivity index (χ0n) is 14.1. The number of allylic oxidation sites excluding steroid dienone is 1. The number of aromatic amines is 1. The molecule has 0 saturated carbocycles. The van der Waals surface area contributed by atoms with E-state index in [0.29, 0.717) is 16.4 Å². The van der Waals surface area contributed by atoms with Crippen molar-refractivity contribution in [3.8, 4) is 11.3 Å². The summed E-state index contributed by atoms with van der Waals surface area (Å²) in [5.41, 5.74) is 6.49. The van der Waals surface area contributed by atoms with Crippen LogP contribution in [0.1, 0.15) is 21.6 Å². The van der Waals surface area contributed by atoms with Gasteiger partial charge in [0.1, 0.15) is 5.69 Å². The van der Waals surface area contributed by atoms with E-state index in [1.807, 2.05) is 61.5 Å². The Kier molecular flexibility index (Phi) is 5.61. The number of aromatic nitrogens is 2. The minimum atomic E-state index is -0.392. The number of aryl methyl sites for hydroxylation is 1. The SMILES string of the molecule is Cc1ccc(-c2cc(C(=O)N/N=C/C(Cl)=C/c3ccccc3)[nH]n2)cc1. The third kappa shape index (κ3) is 4.68. The summed E-state index contributed by atoms with van der Waals surface area (Å²) in [5.74, 6) is -0.392. The monoisotopic (exact) mass is 364 g/mol. The molecule has 0 unspecified atom stereocenters. The maximum atomic E-state index is 12.1. The van der Waals surface area contributed by atoms with E-state index in [9.17, 15) is 4.79 Å². The summed E-state index contributed by atoms with van der Waals surface area (Å²) in [6.45, 7) is 2.02. The first kappa shape index (κ1) is 17.6. The number of carbonyl (C=O) groups is 1. The molecule has 0 radical (unpaired) electrons. The Balaban J connectivity index is 1.62. The van der Waals surface area contributed by atoms with Crippen molar-refractivity contribution in [1.29, 1.82) is 0 Å². The van der Waals surface area contributed by atoms with Crippen LogP contribution in [0.15, 0.2) is 70.8 Å². The van der Waals surface area contributed by atoms with Gasteiger partial charge in [0, 0.05) is 5.56 Å². The van der Waals surface area contributed by atoms with Crippen LogP contribution in [-0.4, -0.2) is 22.3 Å². The van der Waals surface area contributed by atoms with E-state index in [1.165, 1.54) is 6.21 Å². The molecular formula is C20H17ClN4O. The average molecular weight is 365 g/mol. The molecule has 1 aromatic heterocycles. The van der Waals surface area contributed by atoms with Crippen molar-refractivity contribution in [3.05, 3.63) is 82.5 Å². The minimum absolute atomic E-state index is 0.320. The number of carbonyl (C=O) groups excluding carboxylic acids is 1. The van der Waals surface area contributed by atoms with Crippen LogP contribution in [0.5, 0.6) is 0 Å². The maximum Gasteiger partial charge on any atom is 0.289 e. The van der Waals surface area contributed by atoms with Crippen LogP contribution in [-0.2, 0) is 0 Å². The quantitative estimate of drug-likeness (QED) is 0.521. The first-order chi connectivity index (χ1) is 12.6. The fourth-order valence-corrected chi connectivity index (χ4v) is 2.44. The second-order valence-corrected chi connectivity index (χ2v) is 6.11. The molecule has 1 amide bonds. The fourth-order valence-electron chi connectivity index (χ4n) is 2.27. The molecule has 2 aromatic carbocycles. The first-order valence-electron chi connectivity index (χ1n) is 8.00. The second-order valence-electron chi connectivity index (χ2n) is 5.67. The first-order valence-corrected chi connectivity index (χ1v) is 8.38. The second kappa shape index (κ2) is 8.27. The van der Waals surface area contributed by atoms with Crippen molar-refractivity contribution < 1.29 is 4.79 Å². The zero-order chi connectivity index (χ0) is 18.4. The number of hydrazone groups is 1. The van der Waals surface area contributed by atoms with Gasteiger partial charge in [-0.25, -0.2) is 5.43 Å². The molecule has 0 bridgehead atoms. The third-order valence-electron chi connectivity index (χ3n) is 3.63. The van der Waals surface area contributed by atoms with Crippen LogP contribution in [0, 0.1) is 6.92 Å². The molecule has 0 fully saturated rings. The number of hydrogen-bond acceptors (Lipinski definition) is 3. The number of nitrogens with zero attached hydrogens (tertiary/aromatic N) is 2. The van der Waals surface area contributed by atoms with Gasteiger partial charge in [-0.3, -0.25) is 9.89 Å². The van der Waals surface area contributed by atoms with Crippen LogP contribution in [0.4, 0.5) is 0 Å². The fraction of sp³-hybridized carbons (Fsp3) is 0.0500. The largest absolute Gasteiger partial charge is 0.289 e. The number of rotatable bonds is 5. The van der Waals surface area contributed by atoms with Gasteiger partial charge in [-0.2, -0.15) is 10.2 Å². The Labute approximate surface area is 156 Å². The Hall–Kier alpha value is -3.18. The number of halogens is 1. The zero-order valence-corrected chi connectivity index (χ0v) is 14.9. The summed E-state index contributed by atoms with van der Waals surface area (Å²) in [7, 11) is 0. The topological polar surface area (TPSA) is 70.1 Å². The van der Waals surface area contributed by atoms with E-state index < -0.39 is 5.91 Å². The van der Waals surface area contributed by atoms with E-state index in [2.05, 4.69) is 20.7 Å². The standard InChI is InChI=1S/C20H17ClN4O/c1-14-7-9-16(10-8-14)18-12-19(24-23-18)20(26)25-22-13-17(21)11-15-5-3-2-4-6-15/h2-13H,1H3,(H,23,24)(H,25,26)/b17-11-,22-13+. The Morgan fingerprint density at radius 1 is 1.15 bits per heavy atom. The van der Waals surface area contributed by atoms with E-state index in [-0.39, 0.29) is 0 Å². The Morgan fingerprint density at radius 2 is 1.88 bits per heavy atom. The minimum Gasteiger partial charge on any atom is -0.272 e. The van der Waals surface area contributed by atoms with Crippen molar-refractivity contribution in [1.82, 2.24) is 15.6 Å². The average Bonchev–Trinajstić information content (AvgIpc) is 3.13. The van der Waals surface area contributed by atoms with Gasteiger partial charge in [-0.15, -0.1) is 0 Å². The molecule has 2 N–H and O–H groups in total. The lowest BCUT2D eigenvalue weighted by Crippen LogP contribution is -2.17. The number of H-pyrrole nitrogens is 1. The van der Waals surface area contributed by atoms with E-state index in [0.717, 1.165) is 16.7 Å². The number of hydrogen-bond donors (Lipinski definition) is 2. The summed E-state index contributed by atoms with van der Waals surface area (Å²) < 4.78 is 0. The summed E-state index contributed by atoms with van der Waals surface area (Å²) in [5, 5.41) is 11.1. The van der Waals surface area contributed by atoms with Crippen molar-refractivity contribution in [2.75, 3.05) is 0 Å². The Bertz CT molecular complexity index is 943. The number of nitrogens with one attached hydrogen (secondary N) is 2. The van der Waals surface area contributed by atoms with E-state index >= 15 is 0 Å². The summed E-state index contributed by atoms with van der Waals surface area (Å²) in [4.78, 5) is 12.1. The summed E-state index contributed by atoms with van der Waals surface area (Å²) in [6, 6.07) is 19.2. The molecule has 0 atom stereocenters. The molecule has 0 saturated heterocycles. The van der Waals surface area contributed by atoms with Crippen LogP contribution in [0.3, 0.4) is 0 Å². The molecule has 0 aliphatic rings. The van der Waals surface area contributed by atoms with Gasteiger partial charge in [0.2, 0.25) is 0 Å². The highest BCUT2D eigenvalue weighted by Gasteiger charge is 2.10. The molecule has 0 spiro atoms. The molecule has 5 nitrogen and oxygen atoms in total. The summed E-state index contributed by atoms with van der Waals surface area (Å²) >= 11 is 6.08. The lowest BCUT2D eigenvalue weighted by atomic mass is 10.1. The highest BCUT2D eigenvalue weighted by atomic mass is 35.5.